The lowest BCUT2D eigenvalue weighted by atomic mass is 9.85. The van der Waals surface area contributed by atoms with E-state index < -0.39 is 0 Å². The Hall–Kier alpha value is -2.50. The number of ether oxygens (including phenoxy) is 2. The topological polar surface area (TPSA) is 49.5 Å². The Morgan fingerprint density at radius 3 is 2.42 bits per heavy atom. The first kappa shape index (κ1) is 23.7. The van der Waals surface area contributed by atoms with Crippen molar-refractivity contribution < 1.29 is 9.47 Å². The molecule has 1 fully saturated rings. The number of aryl methyl sites for hydroxylation is 1. The second kappa shape index (κ2) is 10.2. The van der Waals surface area contributed by atoms with Crippen molar-refractivity contribution in [3.8, 4) is 22.8 Å². The van der Waals surface area contributed by atoms with E-state index in [1.807, 2.05) is 13.1 Å². The van der Waals surface area contributed by atoms with E-state index >= 15 is 0 Å². The summed E-state index contributed by atoms with van der Waals surface area (Å²) >= 11 is 0. The minimum atomic E-state index is 0.404. The average molecular weight is 450 g/mol. The molecule has 5 heteroatoms. The van der Waals surface area contributed by atoms with E-state index in [0.29, 0.717) is 11.8 Å². The van der Waals surface area contributed by atoms with Gasteiger partial charge in [-0.05, 0) is 98.8 Å². The van der Waals surface area contributed by atoms with Gasteiger partial charge in [0.2, 0.25) is 0 Å². The predicted octanol–water partition coefficient (Wildman–Crippen LogP) is 5.68. The number of nitrogens with one attached hydrogen (secondary N) is 2. The molecule has 178 valence electrons. The number of likely N-dealkylation sites (N-methyl/N-ethyl adjacent to an activating group) is 1. The molecule has 3 aromatic rings. The Bertz CT molecular complexity index is 1090. The summed E-state index contributed by atoms with van der Waals surface area (Å²) < 4.78 is 11.0. The molecule has 0 saturated carbocycles. The standard InChI is InChI=1S/C28H39N3O2/c1-18(2)27-23-17-22(20-9-12-31(13-10-20)14-11-29-4)19(3)15-24(23)30-28(27)21-7-8-25(32-5)26(16-21)33-6/h7-8,15-18,20,29-30H,9-14H2,1-6H3. The summed E-state index contributed by atoms with van der Waals surface area (Å²) in [5.74, 6) is 2.55. The quantitative estimate of drug-likeness (QED) is 0.464. The van der Waals surface area contributed by atoms with E-state index in [2.05, 4.69) is 60.2 Å². The molecule has 5 nitrogen and oxygen atoms in total. The van der Waals surface area contributed by atoms with E-state index in [-0.39, 0.29) is 0 Å². The first-order chi connectivity index (χ1) is 16.0. The third kappa shape index (κ3) is 4.75. The highest BCUT2D eigenvalue weighted by Crippen LogP contribution is 2.41. The van der Waals surface area contributed by atoms with Gasteiger partial charge in [0, 0.05) is 29.6 Å². The van der Waals surface area contributed by atoms with Gasteiger partial charge in [0.15, 0.2) is 11.5 Å². The summed E-state index contributed by atoms with van der Waals surface area (Å²) in [6.45, 7) is 11.4. The average Bonchev–Trinajstić information content (AvgIpc) is 3.20. The molecule has 0 spiro atoms. The van der Waals surface area contributed by atoms with Crippen LogP contribution >= 0.6 is 0 Å². The largest absolute Gasteiger partial charge is 0.493 e. The fourth-order valence-corrected chi connectivity index (χ4v) is 5.38. The molecule has 0 radical (unpaired) electrons. The van der Waals surface area contributed by atoms with E-state index in [1.165, 1.54) is 59.2 Å². The molecule has 1 aliphatic rings. The van der Waals surface area contributed by atoms with E-state index in [4.69, 9.17) is 9.47 Å². The zero-order chi connectivity index (χ0) is 23.5. The Labute approximate surface area is 198 Å². The Kier molecular flexibility index (Phi) is 7.30. The van der Waals surface area contributed by atoms with Gasteiger partial charge in [0.25, 0.3) is 0 Å². The van der Waals surface area contributed by atoms with Gasteiger partial charge in [0.1, 0.15) is 0 Å². The fourth-order valence-electron chi connectivity index (χ4n) is 5.38. The lowest BCUT2D eigenvalue weighted by Gasteiger charge is -2.32. The van der Waals surface area contributed by atoms with Gasteiger partial charge in [-0.3, -0.25) is 0 Å². The Morgan fingerprint density at radius 1 is 1.06 bits per heavy atom. The summed E-state index contributed by atoms with van der Waals surface area (Å²) in [6, 6.07) is 11.0. The molecule has 2 N–H and O–H groups in total. The number of hydrogen-bond acceptors (Lipinski definition) is 4. The molecule has 0 atom stereocenters. The first-order valence-electron chi connectivity index (χ1n) is 12.2. The van der Waals surface area contributed by atoms with Crippen LogP contribution in [-0.4, -0.2) is 57.3 Å². The highest BCUT2D eigenvalue weighted by Gasteiger charge is 2.24. The highest BCUT2D eigenvalue weighted by atomic mass is 16.5. The zero-order valence-electron chi connectivity index (χ0n) is 21.0. The van der Waals surface area contributed by atoms with Crippen molar-refractivity contribution in [2.24, 2.45) is 0 Å². The minimum Gasteiger partial charge on any atom is -0.493 e. The molecule has 1 aromatic heterocycles. The van der Waals surface area contributed by atoms with Crippen molar-refractivity contribution in [3.05, 3.63) is 47.0 Å². The van der Waals surface area contributed by atoms with Gasteiger partial charge in [-0.25, -0.2) is 0 Å². The number of likely N-dealkylation sites (tertiary alicyclic amines) is 1. The summed E-state index contributed by atoms with van der Waals surface area (Å²) in [5, 5.41) is 4.63. The third-order valence-electron chi connectivity index (χ3n) is 7.18. The van der Waals surface area contributed by atoms with Gasteiger partial charge in [0.05, 0.1) is 19.9 Å². The first-order valence-corrected chi connectivity index (χ1v) is 12.2. The number of aromatic amines is 1. The zero-order valence-corrected chi connectivity index (χ0v) is 21.0. The van der Waals surface area contributed by atoms with Crippen LogP contribution in [0.4, 0.5) is 0 Å². The summed E-state index contributed by atoms with van der Waals surface area (Å²) in [5.41, 5.74) is 7.83. The van der Waals surface area contributed by atoms with Gasteiger partial charge in [-0.1, -0.05) is 13.8 Å². The Morgan fingerprint density at radius 2 is 1.79 bits per heavy atom. The summed E-state index contributed by atoms with van der Waals surface area (Å²) in [4.78, 5) is 6.33. The molecule has 0 unspecified atom stereocenters. The van der Waals surface area contributed by atoms with Crippen LogP contribution in [0.5, 0.6) is 11.5 Å². The molecule has 2 heterocycles. The van der Waals surface area contributed by atoms with Gasteiger partial charge in [-0.2, -0.15) is 0 Å². The van der Waals surface area contributed by atoms with Crippen LogP contribution < -0.4 is 14.8 Å². The maximum absolute atomic E-state index is 5.58. The van der Waals surface area contributed by atoms with Crippen LogP contribution in [0.3, 0.4) is 0 Å². The SMILES string of the molecule is CNCCN1CCC(c2cc3c(C(C)C)c(-c4ccc(OC)c(OC)c4)[nH]c3cc2C)CC1. The van der Waals surface area contributed by atoms with Gasteiger partial charge >= 0.3 is 0 Å². The minimum absolute atomic E-state index is 0.404. The number of methoxy groups -OCH3 is 2. The Balaban J connectivity index is 1.72. The highest BCUT2D eigenvalue weighted by molar-refractivity contribution is 5.92. The number of nitrogens with zero attached hydrogens (tertiary/aromatic N) is 1. The van der Waals surface area contributed by atoms with Crippen LogP contribution in [-0.2, 0) is 0 Å². The number of H-pyrrole nitrogens is 1. The summed E-state index contributed by atoms with van der Waals surface area (Å²) in [7, 11) is 5.40. The molecule has 0 bridgehead atoms. The number of aromatic nitrogens is 1. The van der Waals surface area contributed by atoms with Crippen molar-refractivity contribution in [1.29, 1.82) is 0 Å². The predicted molar refractivity (Wildman–Crippen MR) is 138 cm³/mol. The van der Waals surface area contributed by atoms with Crippen LogP contribution in [0.15, 0.2) is 30.3 Å². The van der Waals surface area contributed by atoms with Gasteiger partial charge in [-0.15, -0.1) is 0 Å². The second-order valence-corrected chi connectivity index (χ2v) is 9.61. The van der Waals surface area contributed by atoms with E-state index in [9.17, 15) is 0 Å². The normalized spacial score (nSPS) is 15.5. The fraction of sp³-hybridized carbons (Fsp3) is 0.500. The molecule has 0 amide bonds. The van der Waals surface area contributed by atoms with Gasteiger partial charge < -0.3 is 24.7 Å². The van der Waals surface area contributed by atoms with Crippen molar-refractivity contribution in [1.82, 2.24) is 15.2 Å². The molecular weight excluding hydrogens is 410 g/mol. The molecule has 2 aromatic carbocycles. The van der Waals surface area contributed by atoms with Crippen LogP contribution in [0.2, 0.25) is 0 Å². The number of rotatable bonds is 8. The molecule has 0 aliphatic carbocycles. The van der Waals surface area contributed by atoms with Crippen molar-refractivity contribution in [3.63, 3.8) is 0 Å². The van der Waals surface area contributed by atoms with Crippen molar-refractivity contribution in [2.45, 2.75) is 45.4 Å². The number of benzene rings is 2. The molecule has 1 aliphatic heterocycles. The van der Waals surface area contributed by atoms with E-state index in [1.54, 1.807) is 14.2 Å². The second-order valence-electron chi connectivity index (χ2n) is 9.61. The smallest absolute Gasteiger partial charge is 0.161 e. The third-order valence-corrected chi connectivity index (χ3v) is 7.18. The molecule has 1 saturated heterocycles. The molecule has 33 heavy (non-hydrogen) atoms. The van der Waals surface area contributed by atoms with Crippen molar-refractivity contribution in [2.75, 3.05) is 47.4 Å². The molecule has 4 rings (SSSR count). The number of fused-ring (bicyclic) bond motifs is 1. The number of hydrogen-bond donors (Lipinski definition) is 2. The van der Waals surface area contributed by atoms with Crippen LogP contribution in [0, 0.1) is 6.92 Å². The lowest BCUT2D eigenvalue weighted by molar-refractivity contribution is 0.214. The lowest BCUT2D eigenvalue weighted by Crippen LogP contribution is -2.37. The van der Waals surface area contributed by atoms with Crippen LogP contribution in [0.25, 0.3) is 22.2 Å². The monoisotopic (exact) mass is 449 g/mol. The van der Waals surface area contributed by atoms with Crippen LogP contribution in [0.1, 0.15) is 55.2 Å². The summed E-state index contributed by atoms with van der Waals surface area (Å²) in [6.07, 6.45) is 2.47. The number of piperidine rings is 1. The maximum Gasteiger partial charge on any atom is 0.161 e. The van der Waals surface area contributed by atoms with E-state index in [0.717, 1.165) is 30.2 Å². The van der Waals surface area contributed by atoms with Crippen molar-refractivity contribution >= 4 is 10.9 Å². The maximum atomic E-state index is 5.58. The molecular formula is C28H39N3O2.